The van der Waals surface area contributed by atoms with Gasteiger partial charge in [-0.2, -0.15) is 5.10 Å². The van der Waals surface area contributed by atoms with Crippen molar-refractivity contribution in [2.45, 2.75) is 33.0 Å². The van der Waals surface area contributed by atoms with Crippen LogP contribution in [-0.4, -0.2) is 52.2 Å². The molecule has 0 saturated carbocycles. The van der Waals surface area contributed by atoms with Crippen LogP contribution in [0.1, 0.15) is 33.7 Å². The van der Waals surface area contributed by atoms with E-state index in [1.54, 1.807) is 43.0 Å². The summed E-state index contributed by atoms with van der Waals surface area (Å²) in [6, 6.07) is 6.29. The Hall–Kier alpha value is -2.90. The first-order valence-electron chi connectivity index (χ1n) is 8.91. The lowest BCUT2D eigenvalue weighted by Crippen LogP contribution is -2.38. The molecule has 1 aliphatic rings. The average molecular weight is 373 g/mol. The number of carbonyl (C=O) groups excluding carboxylic acids is 2. The summed E-state index contributed by atoms with van der Waals surface area (Å²) in [5.74, 6) is -0.747. The minimum Gasteiger partial charge on any atom is -0.346 e. The number of aryl methyl sites for hydroxylation is 2. The first-order valence-corrected chi connectivity index (χ1v) is 8.91. The zero-order chi connectivity index (χ0) is 19.6. The number of rotatable bonds is 3. The molecule has 2 aromatic rings. The van der Waals surface area contributed by atoms with Crippen molar-refractivity contribution in [1.29, 1.82) is 0 Å². The molecular formula is C19H24FN5O2. The van der Waals surface area contributed by atoms with Gasteiger partial charge in [-0.25, -0.2) is 9.18 Å². The second-order valence-corrected chi connectivity index (χ2v) is 6.95. The number of amides is 3. The normalized spacial score (nSPS) is 13.7. The largest absolute Gasteiger partial charge is 0.346 e. The number of hydrogen-bond donors (Lipinski definition) is 1. The van der Waals surface area contributed by atoms with Crippen LogP contribution >= 0.6 is 0 Å². The molecule has 0 fully saturated rings. The fraction of sp³-hybridized carbons (Fsp3) is 0.421. The lowest BCUT2D eigenvalue weighted by Gasteiger charge is -2.23. The van der Waals surface area contributed by atoms with Crippen LogP contribution in [0.5, 0.6) is 0 Å². The molecule has 1 aliphatic heterocycles. The highest BCUT2D eigenvalue weighted by atomic mass is 19.1. The van der Waals surface area contributed by atoms with Crippen molar-refractivity contribution in [3.8, 4) is 0 Å². The Kier molecular flexibility index (Phi) is 5.43. The van der Waals surface area contributed by atoms with Gasteiger partial charge >= 0.3 is 6.03 Å². The highest BCUT2D eigenvalue weighted by Crippen LogP contribution is 2.15. The Labute approximate surface area is 157 Å². The van der Waals surface area contributed by atoms with Crippen molar-refractivity contribution in [3.05, 3.63) is 52.6 Å². The van der Waals surface area contributed by atoms with E-state index in [4.69, 9.17) is 0 Å². The lowest BCUT2D eigenvalue weighted by atomic mass is 10.1. The summed E-state index contributed by atoms with van der Waals surface area (Å²) in [4.78, 5) is 27.8. The van der Waals surface area contributed by atoms with Crippen LogP contribution < -0.4 is 5.32 Å². The summed E-state index contributed by atoms with van der Waals surface area (Å²) >= 11 is 0. The number of carbonyl (C=O) groups is 2. The maximum atomic E-state index is 13.6. The number of nitrogens with one attached hydrogen (secondary N) is 1. The second-order valence-electron chi connectivity index (χ2n) is 6.95. The van der Waals surface area contributed by atoms with E-state index in [2.05, 4.69) is 10.4 Å². The summed E-state index contributed by atoms with van der Waals surface area (Å²) in [5, 5.41) is 7.29. The van der Waals surface area contributed by atoms with Gasteiger partial charge in [0.1, 0.15) is 5.82 Å². The third-order valence-corrected chi connectivity index (χ3v) is 4.58. The van der Waals surface area contributed by atoms with Gasteiger partial charge in [0.15, 0.2) is 0 Å². The third-order valence-electron chi connectivity index (χ3n) is 4.58. The highest BCUT2D eigenvalue weighted by molar-refractivity contribution is 5.94. The SMILES string of the molecule is Cc1ccc(C(=O)NCc2cc3n(n2)CCCN(C(=O)N(C)C)C3)cc1F. The van der Waals surface area contributed by atoms with Crippen LogP contribution in [0.25, 0.3) is 0 Å². The number of hydrogen-bond acceptors (Lipinski definition) is 3. The smallest absolute Gasteiger partial charge is 0.319 e. The zero-order valence-corrected chi connectivity index (χ0v) is 15.8. The molecule has 7 nitrogen and oxygen atoms in total. The van der Waals surface area contributed by atoms with E-state index in [1.165, 1.54) is 6.07 Å². The average Bonchev–Trinajstić information content (AvgIpc) is 2.91. The van der Waals surface area contributed by atoms with E-state index in [9.17, 15) is 14.0 Å². The van der Waals surface area contributed by atoms with Crippen molar-refractivity contribution < 1.29 is 14.0 Å². The molecule has 3 amide bonds. The van der Waals surface area contributed by atoms with Crippen LogP contribution in [0.15, 0.2) is 24.3 Å². The predicted molar refractivity (Wildman–Crippen MR) is 98.6 cm³/mol. The maximum Gasteiger partial charge on any atom is 0.319 e. The molecule has 0 spiro atoms. The fourth-order valence-corrected chi connectivity index (χ4v) is 3.06. The molecule has 27 heavy (non-hydrogen) atoms. The summed E-state index contributed by atoms with van der Waals surface area (Å²) < 4.78 is 15.5. The van der Waals surface area contributed by atoms with E-state index < -0.39 is 5.82 Å². The van der Waals surface area contributed by atoms with Crippen molar-refractivity contribution in [2.24, 2.45) is 0 Å². The van der Waals surface area contributed by atoms with Crippen LogP contribution in [0.3, 0.4) is 0 Å². The molecule has 0 bridgehead atoms. The van der Waals surface area contributed by atoms with Crippen LogP contribution in [-0.2, 0) is 19.6 Å². The van der Waals surface area contributed by atoms with Gasteiger partial charge in [0.05, 0.1) is 24.5 Å². The van der Waals surface area contributed by atoms with Crippen LogP contribution in [0, 0.1) is 12.7 Å². The van der Waals surface area contributed by atoms with Gasteiger partial charge < -0.3 is 15.1 Å². The molecule has 8 heteroatoms. The van der Waals surface area contributed by atoms with Crippen LogP contribution in [0.4, 0.5) is 9.18 Å². The lowest BCUT2D eigenvalue weighted by molar-refractivity contribution is 0.0950. The van der Waals surface area contributed by atoms with Gasteiger partial charge in [-0.05, 0) is 37.1 Å². The first kappa shape index (κ1) is 18.9. The van der Waals surface area contributed by atoms with Gasteiger partial charge in [-0.15, -0.1) is 0 Å². The topological polar surface area (TPSA) is 70.5 Å². The quantitative estimate of drug-likeness (QED) is 0.896. The molecule has 1 N–H and O–H groups in total. The van der Waals surface area contributed by atoms with Gasteiger partial charge in [-0.3, -0.25) is 9.48 Å². The van der Waals surface area contributed by atoms with Gasteiger partial charge in [-0.1, -0.05) is 6.07 Å². The molecule has 1 aromatic carbocycles. The molecular weight excluding hydrogens is 349 g/mol. The Morgan fingerprint density at radius 1 is 1.26 bits per heavy atom. The number of halogens is 1. The number of benzene rings is 1. The molecule has 1 aromatic heterocycles. The standard InChI is InChI=1S/C19H24FN5O2/c1-13-5-6-14(9-17(13)20)18(26)21-11-15-10-16-12-24(19(27)23(2)3)7-4-8-25(16)22-15/h5-6,9-10H,4,7-8,11-12H2,1-3H3,(H,21,26). The highest BCUT2D eigenvalue weighted by Gasteiger charge is 2.21. The van der Waals surface area contributed by atoms with E-state index in [1.807, 2.05) is 10.7 Å². The molecule has 0 atom stereocenters. The monoisotopic (exact) mass is 373 g/mol. The summed E-state index contributed by atoms with van der Waals surface area (Å²) in [6.07, 6.45) is 0.822. The van der Waals surface area contributed by atoms with E-state index >= 15 is 0 Å². The second kappa shape index (κ2) is 7.77. The molecule has 3 rings (SSSR count). The van der Waals surface area contributed by atoms with Crippen molar-refractivity contribution >= 4 is 11.9 Å². The first-order chi connectivity index (χ1) is 12.8. The molecule has 0 saturated heterocycles. The van der Waals surface area contributed by atoms with Crippen molar-refractivity contribution in [3.63, 3.8) is 0 Å². The maximum absolute atomic E-state index is 13.6. The molecule has 0 unspecified atom stereocenters. The molecule has 2 heterocycles. The van der Waals surface area contributed by atoms with E-state index in [0.29, 0.717) is 24.3 Å². The summed E-state index contributed by atoms with van der Waals surface area (Å²) in [7, 11) is 3.47. The predicted octanol–water partition coefficient (Wildman–Crippen LogP) is 2.15. The number of nitrogens with zero attached hydrogens (tertiary/aromatic N) is 4. The summed E-state index contributed by atoms with van der Waals surface area (Å²) in [6.45, 7) is 3.80. The number of fused-ring (bicyclic) bond motifs is 1. The van der Waals surface area contributed by atoms with Crippen LogP contribution in [0.2, 0.25) is 0 Å². The zero-order valence-electron chi connectivity index (χ0n) is 15.8. The molecule has 0 aliphatic carbocycles. The number of urea groups is 1. The minimum atomic E-state index is -0.401. The Balaban J connectivity index is 1.66. The third kappa shape index (κ3) is 4.27. The van der Waals surface area contributed by atoms with Crippen molar-refractivity contribution in [2.75, 3.05) is 20.6 Å². The fourth-order valence-electron chi connectivity index (χ4n) is 3.06. The Morgan fingerprint density at radius 3 is 2.74 bits per heavy atom. The van der Waals surface area contributed by atoms with E-state index in [0.717, 1.165) is 18.7 Å². The minimum absolute atomic E-state index is 0.0269. The Morgan fingerprint density at radius 2 is 2.04 bits per heavy atom. The number of aromatic nitrogens is 2. The van der Waals surface area contributed by atoms with Crippen molar-refractivity contribution in [1.82, 2.24) is 24.9 Å². The van der Waals surface area contributed by atoms with Gasteiger partial charge in [0.25, 0.3) is 5.91 Å². The summed E-state index contributed by atoms with van der Waals surface area (Å²) in [5.41, 5.74) is 2.43. The van der Waals surface area contributed by atoms with E-state index in [-0.39, 0.29) is 24.0 Å². The molecule has 0 radical (unpaired) electrons. The van der Waals surface area contributed by atoms with Gasteiger partial charge in [0, 0.05) is 32.7 Å². The Bertz CT molecular complexity index is 862. The van der Waals surface area contributed by atoms with Gasteiger partial charge in [0.2, 0.25) is 0 Å². The molecule has 144 valence electrons.